The lowest BCUT2D eigenvalue weighted by Crippen LogP contribution is -2.45. The molecule has 104 valence electrons. The van der Waals surface area contributed by atoms with Gasteiger partial charge in [-0.15, -0.1) is 0 Å². The third-order valence-electron chi connectivity index (χ3n) is 3.22. The van der Waals surface area contributed by atoms with Gasteiger partial charge in [0, 0.05) is 11.1 Å². The first-order chi connectivity index (χ1) is 9.46. The lowest BCUT2D eigenvalue weighted by molar-refractivity contribution is 0.0913. The number of carbonyl (C=O) groups is 1. The molecule has 2 aromatic carbocycles. The predicted octanol–water partition coefficient (Wildman–Crippen LogP) is 3.75. The Morgan fingerprint density at radius 3 is 2.40 bits per heavy atom. The molecule has 0 saturated carbocycles. The fourth-order valence-electron chi connectivity index (χ4n) is 2.32. The van der Waals surface area contributed by atoms with Gasteiger partial charge in [-0.2, -0.15) is 0 Å². The monoisotopic (exact) mass is 267 g/mol. The second-order valence-electron chi connectivity index (χ2n) is 5.87. The van der Waals surface area contributed by atoms with Crippen LogP contribution in [0, 0.1) is 6.92 Å². The van der Waals surface area contributed by atoms with E-state index in [1.807, 2.05) is 63.2 Å². The number of hydrogen-bond donors (Lipinski definition) is 1. The maximum atomic E-state index is 12.3. The Balaban J connectivity index is 2.06. The fraction of sp³-hybridized carbons (Fsp3) is 0.278. The van der Waals surface area contributed by atoms with Crippen molar-refractivity contribution in [1.29, 1.82) is 0 Å². The van der Waals surface area contributed by atoms with E-state index in [2.05, 4.69) is 17.4 Å². The van der Waals surface area contributed by atoms with Crippen molar-refractivity contribution >= 4 is 5.91 Å². The van der Waals surface area contributed by atoms with E-state index in [-0.39, 0.29) is 11.4 Å². The van der Waals surface area contributed by atoms with Crippen LogP contribution in [-0.4, -0.2) is 11.4 Å². The van der Waals surface area contributed by atoms with Gasteiger partial charge in [-0.05, 0) is 44.9 Å². The number of rotatable bonds is 4. The lowest BCUT2D eigenvalue weighted by Gasteiger charge is -2.26. The number of hydrogen-bond acceptors (Lipinski definition) is 1. The second kappa shape index (κ2) is 5.91. The van der Waals surface area contributed by atoms with Crippen molar-refractivity contribution in [2.24, 2.45) is 0 Å². The summed E-state index contributed by atoms with van der Waals surface area (Å²) < 4.78 is 0. The zero-order valence-corrected chi connectivity index (χ0v) is 12.3. The summed E-state index contributed by atoms with van der Waals surface area (Å²) in [7, 11) is 0. The van der Waals surface area contributed by atoms with Crippen molar-refractivity contribution in [3.05, 3.63) is 71.3 Å². The highest BCUT2D eigenvalue weighted by atomic mass is 16.1. The molecule has 0 unspecified atom stereocenters. The minimum atomic E-state index is -0.276. The van der Waals surface area contributed by atoms with E-state index in [1.54, 1.807) is 0 Å². The Bertz CT molecular complexity index is 587. The average molecular weight is 267 g/mol. The van der Waals surface area contributed by atoms with Gasteiger partial charge in [-0.1, -0.05) is 48.0 Å². The smallest absolute Gasteiger partial charge is 0.251 e. The number of amides is 1. The quantitative estimate of drug-likeness (QED) is 0.898. The van der Waals surface area contributed by atoms with Crippen molar-refractivity contribution in [3.63, 3.8) is 0 Å². The molecule has 0 spiro atoms. The molecule has 1 N–H and O–H groups in total. The summed E-state index contributed by atoms with van der Waals surface area (Å²) in [6.45, 7) is 6.09. The molecule has 2 heteroatoms. The van der Waals surface area contributed by atoms with E-state index in [9.17, 15) is 4.79 Å². The van der Waals surface area contributed by atoms with Crippen LogP contribution in [0.1, 0.15) is 35.3 Å². The molecule has 0 heterocycles. The molecule has 2 rings (SSSR count). The zero-order valence-electron chi connectivity index (χ0n) is 12.3. The average Bonchev–Trinajstić information content (AvgIpc) is 2.38. The summed E-state index contributed by atoms with van der Waals surface area (Å²) in [6, 6.07) is 17.9. The highest BCUT2D eigenvalue weighted by Gasteiger charge is 2.21. The van der Waals surface area contributed by atoms with Gasteiger partial charge in [-0.3, -0.25) is 4.79 Å². The summed E-state index contributed by atoms with van der Waals surface area (Å²) in [5.74, 6) is -0.0189. The molecule has 0 atom stereocenters. The van der Waals surface area contributed by atoms with Gasteiger partial charge in [0.1, 0.15) is 0 Å². The van der Waals surface area contributed by atoms with Gasteiger partial charge in [0.15, 0.2) is 0 Å². The van der Waals surface area contributed by atoms with E-state index in [0.29, 0.717) is 5.56 Å². The van der Waals surface area contributed by atoms with Crippen molar-refractivity contribution < 1.29 is 4.79 Å². The van der Waals surface area contributed by atoms with Crippen LogP contribution in [0.4, 0.5) is 0 Å². The Morgan fingerprint density at radius 2 is 1.75 bits per heavy atom. The third-order valence-corrected chi connectivity index (χ3v) is 3.22. The Kier molecular flexibility index (Phi) is 4.23. The van der Waals surface area contributed by atoms with Crippen LogP contribution in [0.15, 0.2) is 54.6 Å². The molecule has 2 nitrogen and oxygen atoms in total. The van der Waals surface area contributed by atoms with E-state index >= 15 is 0 Å². The van der Waals surface area contributed by atoms with Crippen LogP contribution in [0.2, 0.25) is 0 Å². The third kappa shape index (κ3) is 3.95. The molecule has 0 fully saturated rings. The van der Waals surface area contributed by atoms with Crippen LogP contribution < -0.4 is 5.32 Å². The van der Waals surface area contributed by atoms with Gasteiger partial charge < -0.3 is 5.32 Å². The first-order valence-corrected chi connectivity index (χ1v) is 6.89. The summed E-state index contributed by atoms with van der Waals surface area (Å²) in [5.41, 5.74) is 2.76. The van der Waals surface area contributed by atoms with Gasteiger partial charge in [0.25, 0.3) is 5.91 Å². The predicted molar refractivity (Wildman–Crippen MR) is 82.9 cm³/mol. The molecule has 0 saturated heterocycles. The van der Waals surface area contributed by atoms with Gasteiger partial charge in [-0.25, -0.2) is 0 Å². The first kappa shape index (κ1) is 14.3. The number of benzene rings is 2. The first-order valence-electron chi connectivity index (χ1n) is 6.89. The largest absolute Gasteiger partial charge is 0.347 e. The number of nitrogens with one attached hydrogen (secondary N) is 1. The second-order valence-corrected chi connectivity index (χ2v) is 5.87. The molecule has 1 amide bonds. The minimum Gasteiger partial charge on any atom is -0.347 e. The fourth-order valence-corrected chi connectivity index (χ4v) is 2.32. The molecule has 0 aliphatic carbocycles. The highest BCUT2D eigenvalue weighted by molar-refractivity contribution is 5.94. The highest BCUT2D eigenvalue weighted by Crippen LogP contribution is 2.14. The molecule has 0 aromatic heterocycles. The van der Waals surface area contributed by atoms with E-state index in [0.717, 1.165) is 12.0 Å². The molecule has 0 aliphatic heterocycles. The van der Waals surface area contributed by atoms with Crippen molar-refractivity contribution in [2.45, 2.75) is 32.7 Å². The molecular formula is C18H21NO. The van der Waals surface area contributed by atoms with Crippen LogP contribution in [0.25, 0.3) is 0 Å². The van der Waals surface area contributed by atoms with Crippen molar-refractivity contribution in [1.82, 2.24) is 5.32 Å². The normalized spacial score (nSPS) is 11.2. The lowest BCUT2D eigenvalue weighted by atomic mass is 9.94. The Labute approximate surface area is 120 Å². The maximum absolute atomic E-state index is 12.3. The molecular weight excluding hydrogens is 246 g/mol. The minimum absolute atomic E-state index is 0.0189. The van der Waals surface area contributed by atoms with E-state index < -0.39 is 0 Å². The van der Waals surface area contributed by atoms with Crippen molar-refractivity contribution in [3.8, 4) is 0 Å². The van der Waals surface area contributed by atoms with E-state index in [1.165, 1.54) is 5.56 Å². The SMILES string of the molecule is Cc1cccc(C(=O)NC(C)(C)Cc2ccccc2)c1. The molecule has 0 bridgehead atoms. The van der Waals surface area contributed by atoms with E-state index in [4.69, 9.17) is 0 Å². The summed E-state index contributed by atoms with van der Waals surface area (Å²) >= 11 is 0. The zero-order chi connectivity index (χ0) is 14.6. The standard InChI is InChI=1S/C18H21NO/c1-14-8-7-11-16(12-14)17(20)19-18(2,3)13-15-9-5-4-6-10-15/h4-12H,13H2,1-3H3,(H,19,20). The summed E-state index contributed by atoms with van der Waals surface area (Å²) in [4.78, 5) is 12.3. The van der Waals surface area contributed by atoms with Gasteiger partial charge >= 0.3 is 0 Å². The Morgan fingerprint density at radius 1 is 1.05 bits per heavy atom. The molecule has 20 heavy (non-hydrogen) atoms. The van der Waals surface area contributed by atoms with Gasteiger partial charge in [0.05, 0.1) is 0 Å². The topological polar surface area (TPSA) is 29.1 Å². The Hall–Kier alpha value is -2.09. The molecule has 0 radical (unpaired) electrons. The number of carbonyl (C=O) groups excluding carboxylic acids is 1. The van der Waals surface area contributed by atoms with Crippen LogP contribution in [0.5, 0.6) is 0 Å². The number of aryl methyl sites for hydroxylation is 1. The summed E-state index contributed by atoms with van der Waals surface area (Å²) in [5, 5.41) is 3.11. The van der Waals surface area contributed by atoms with Crippen LogP contribution in [0.3, 0.4) is 0 Å². The van der Waals surface area contributed by atoms with Crippen LogP contribution in [-0.2, 0) is 6.42 Å². The molecule has 0 aliphatic rings. The van der Waals surface area contributed by atoms with Gasteiger partial charge in [0.2, 0.25) is 0 Å². The summed E-state index contributed by atoms with van der Waals surface area (Å²) in [6.07, 6.45) is 0.811. The van der Waals surface area contributed by atoms with Crippen LogP contribution >= 0.6 is 0 Å². The maximum Gasteiger partial charge on any atom is 0.251 e. The molecule has 2 aromatic rings. The van der Waals surface area contributed by atoms with Crippen molar-refractivity contribution in [2.75, 3.05) is 0 Å².